The lowest BCUT2D eigenvalue weighted by molar-refractivity contribution is -0.200. The van der Waals surface area contributed by atoms with Crippen molar-refractivity contribution in [2.75, 3.05) is 7.11 Å². The van der Waals surface area contributed by atoms with Gasteiger partial charge in [0.2, 0.25) is 0 Å². The van der Waals surface area contributed by atoms with Gasteiger partial charge >= 0.3 is 5.97 Å². The highest BCUT2D eigenvalue weighted by atomic mass is 19.1. The van der Waals surface area contributed by atoms with Crippen molar-refractivity contribution in [3.63, 3.8) is 0 Å². The summed E-state index contributed by atoms with van der Waals surface area (Å²) in [5.74, 6) is 1.69. The number of esters is 1. The molecular weight excluding hydrogens is 407 g/mol. The molecule has 0 amide bonds. The van der Waals surface area contributed by atoms with Crippen LogP contribution in [0.1, 0.15) is 85.5 Å². The monoisotopic (exact) mass is 450 g/mol. The minimum absolute atomic E-state index is 0.0795. The van der Waals surface area contributed by atoms with Crippen molar-refractivity contribution in [2.45, 2.75) is 97.8 Å². The fourth-order valence-corrected chi connectivity index (χ4v) is 9.41. The molecule has 0 aromatic heterocycles. The number of ether oxygens (including phenoxy) is 1. The third-order valence-electron chi connectivity index (χ3n) is 11.0. The summed E-state index contributed by atoms with van der Waals surface area (Å²) in [4.78, 5) is 24.0. The van der Waals surface area contributed by atoms with E-state index in [1.54, 1.807) is 0 Å². The molecule has 11 atom stereocenters. The third kappa shape index (κ3) is 3.56. The second-order valence-electron chi connectivity index (χ2n) is 12.1. The molecule has 0 spiro atoms. The van der Waals surface area contributed by atoms with Gasteiger partial charge in [-0.2, -0.15) is 0 Å². The number of alkyl halides is 1. The van der Waals surface area contributed by atoms with Gasteiger partial charge in [0.05, 0.1) is 13.2 Å². The van der Waals surface area contributed by atoms with Crippen LogP contribution < -0.4 is 0 Å². The summed E-state index contributed by atoms with van der Waals surface area (Å²) >= 11 is 0. The smallest absolute Gasteiger partial charge is 0.305 e. The number of ketones is 1. The normalized spacial score (nSPS) is 49.0. The summed E-state index contributed by atoms with van der Waals surface area (Å²) in [5.41, 5.74) is -0.0490. The zero-order chi connectivity index (χ0) is 23.4. The van der Waals surface area contributed by atoms with E-state index >= 15 is 0 Å². The van der Waals surface area contributed by atoms with Crippen molar-refractivity contribution in [3.05, 3.63) is 0 Å². The van der Waals surface area contributed by atoms with E-state index in [2.05, 4.69) is 27.7 Å². The second kappa shape index (κ2) is 8.67. The maximum atomic E-state index is 14.7. The van der Waals surface area contributed by atoms with Gasteiger partial charge in [-0.3, -0.25) is 9.59 Å². The largest absolute Gasteiger partial charge is 0.469 e. The fourth-order valence-electron chi connectivity index (χ4n) is 9.41. The SMILES string of the molecule is CC[C@H]1[C@@H](O)[C@@H]2[C@H](CC[C@]3(C)[C@@H](C(C)CCC(=O)OC)CC[C@@H]23)[C@@]2(C)C[C@H](F)C(=O)C[C@@H]12. The quantitative estimate of drug-likeness (QED) is 0.573. The number of aliphatic hydroxyl groups is 1. The molecule has 182 valence electrons. The van der Waals surface area contributed by atoms with Gasteiger partial charge in [0, 0.05) is 12.8 Å². The molecule has 0 bridgehead atoms. The minimum Gasteiger partial charge on any atom is -0.469 e. The number of rotatable bonds is 5. The lowest BCUT2D eigenvalue weighted by atomic mass is 9.41. The van der Waals surface area contributed by atoms with Crippen LogP contribution in [0.25, 0.3) is 0 Å². The Kier molecular flexibility index (Phi) is 6.55. The molecule has 1 N–H and O–H groups in total. The first-order chi connectivity index (χ1) is 15.1. The number of Topliss-reactive ketones (excluding diaryl/α,β-unsaturated/α-hetero) is 1. The molecule has 1 unspecified atom stereocenters. The van der Waals surface area contributed by atoms with Crippen LogP contribution in [0.4, 0.5) is 4.39 Å². The third-order valence-corrected chi connectivity index (χ3v) is 11.0. The number of aliphatic hydroxyl groups excluding tert-OH is 1. The topological polar surface area (TPSA) is 63.6 Å². The molecule has 4 rings (SSSR count). The number of fused-ring (bicyclic) bond motifs is 5. The lowest BCUT2D eigenvalue weighted by Gasteiger charge is -2.64. The standard InChI is InChI=1S/C27H43FO4/c1-6-16-20-13-22(29)21(28)14-27(20,4)19-11-12-26(3)17(15(2)7-10-23(30)32-5)8-9-18(26)24(19)25(16)31/h15-21,24-25,31H,6-14H2,1-5H3/t15?,16-,17-,18+,19+,20+,21+,24+,25-,26-,27-/m1/s1. The molecule has 5 heteroatoms. The molecule has 4 saturated carbocycles. The Morgan fingerprint density at radius 2 is 1.88 bits per heavy atom. The van der Waals surface area contributed by atoms with E-state index < -0.39 is 12.3 Å². The summed E-state index contributed by atoms with van der Waals surface area (Å²) in [6, 6.07) is 0. The fraction of sp³-hybridized carbons (Fsp3) is 0.926. The van der Waals surface area contributed by atoms with Crippen molar-refractivity contribution >= 4 is 11.8 Å². The van der Waals surface area contributed by atoms with Crippen LogP contribution in [0, 0.1) is 52.3 Å². The Hall–Kier alpha value is -0.970. The Labute approximate surface area is 193 Å². The Balaban J connectivity index is 1.61. The van der Waals surface area contributed by atoms with Crippen LogP contribution in [-0.2, 0) is 14.3 Å². The molecule has 4 nitrogen and oxygen atoms in total. The van der Waals surface area contributed by atoms with E-state index in [0.717, 1.165) is 38.5 Å². The first-order valence-electron chi connectivity index (χ1n) is 13.0. The summed E-state index contributed by atoms with van der Waals surface area (Å²) in [7, 11) is 1.45. The van der Waals surface area contributed by atoms with E-state index in [-0.39, 0.29) is 40.3 Å². The molecule has 4 fully saturated rings. The number of carbonyl (C=O) groups is 2. The Bertz CT molecular complexity index is 739. The molecule has 0 aliphatic heterocycles. The average molecular weight is 451 g/mol. The molecule has 4 aliphatic rings. The summed E-state index contributed by atoms with van der Waals surface area (Å²) in [5, 5.41) is 11.7. The Morgan fingerprint density at radius 1 is 1.19 bits per heavy atom. The van der Waals surface area contributed by atoms with Crippen molar-refractivity contribution in [1.29, 1.82) is 0 Å². The van der Waals surface area contributed by atoms with E-state index in [1.165, 1.54) is 7.11 Å². The zero-order valence-electron chi connectivity index (χ0n) is 20.6. The van der Waals surface area contributed by atoms with Gasteiger partial charge in [0.25, 0.3) is 0 Å². The van der Waals surface area contributed by atoms with Crippen LogP contribution >= 0.6 is 0 Å². The van der Waals surface area contributed by atoms with Crippen LogP contribution in [0.2, 0.25) is 0 Å². The van der Waals surface area contributed by atoms with Gasteiger partial charge in [-0.25, -0.2) is 4.39 Å². The molecule has 0 aromatic carbocycles. The molecule has 0 saturated heterocycles. The number of carbonyl (C=O) groups excluding carboxylic acids is 2. The predicted molar refractivity (Wildman–Crippen MR) is 121 cm³/mol. The highest BCUT2D eigenvalue weighted by Crippen LogP contribution is 2.69. The van der Waals surface area contributed by atoms with Crippen molar-refractivity contribution in [3.8, 4) is 0 Å². The maximum absolute atomic E-state index is 14.7. The number of hydrogen-bond donors (Lipinski definition) is 1. The van der Waals surface area contributed by atoms with Gasteiger partial charge in [0.1, 0.15) is 0 Å². The van der Waals surface area contributed by atoms with Gasteiger partial charge in [-0.05, 0) is 90.8 Å². The molecule has 0 radical (unpaired) electrons. The second-order valence-corrected chi connectivity index (χ2v) is 12.1. The molecule has 0 heterocycles. The van der Waals surface area contributed by atoms with Crippen molar-refractivity contribution in [2.24, 2.45) is 52.3 Å². The van der Waals surface area contributed by atoms with E-state index in [4.69, 9.17) is 4.74 Å². The molecular formula is C27H43FO4. The summed E-state index contributed by atoms with van der Waals surface area (Å²) < 4.78 is 19.6. The van der Waals surface area contributed by atoms with Crippen molar-refractivity contribution in [1.82, 2.24) is 0 Å². The van der Waals surface area contributed by atoms with Crippen LogP contribution in [0.15, 0.2) is 0 Å². The Morgan fingerprint density at radius 3 is 2.53 bits per heavy atom. The highest BCUT2D eigenvalue weighted by Gasteiger charge is 2.65. The lowest BCUT2D eigenvalue weighted by Crippen LogP contribution is -2.63. The highest BCUT2D eigenvalue weighted by molar-refractivity contribution is 5.84. The van der Waals surface area contributed by atoms with Crippen LogP contribution in [0.3, 0.4) is 0 Å². The first-order valence-corrected chi connectivity index (χ1v) is 13.0. The number of methoxy groups -OCH3 is 1. The summed E-state index contributed by atoms with van der Waals surface area (Å²) in [6.45, 7) is 9.05. The minimum atomic E-state index is -1.34. The van der Waals surface area contributed by atoms with Gasteiger partial charge in [-0.15, -0.1) is 0 Å². The molecule has 4 aliphatic carbocycles. The number of halogens is 1. The van der Waals surface area contributed by atoms with Gasteiger partial charge < -0.3 is 9.84 Å². The predicted octanol–water partition coefficient (Wildman–Crippen LogP) is 5.36. The van der Waals surface area contributed by atoms with Crippen LogP contribution in [-0.4, -0.2) is 36.2 Å². The van der Waals surface area contributed by atoms with E-state index in [1.807, 2.05) is 0 Å². The first kappa shape index (κ1) is 24.2. The average Bonchev–Trinajstić information content (AvgIpc) is 3.11. The molecule has 32 heavy (non-hydrogen) atoms. The van der Waals surface area contributed by atoms with E-state index in [9.17, 15) is 19.1 Å². The van der Waals surface area contributed by atoms with E-state index in [0.29, 0.717) is 42.9 Å². The number of hydrogen-bond acceptors (Lipinski definition) is 4. The zero-order valence-corrected chi connectivity index (χ0v) is 20.6. The van der Waals surface area contributed by atoms with Gasteiger partial charge in [0.15, 0.2) is 12.0 Å². The molecule has 0 aromatic rings. The maximum Gasteiger partial charge on any atom is 0.305 e. The van der Waals surface area contributed by atoms with Crippen LogP contribution in [0.5, 0.6) is 0 Å². The van der Waals surface area contributed by atoms with Crippen molar-refractivity contribution < 1.29 is 23.8 Å². The van der Waals surface area contributed by atoms with Gasteiger partial charge in [-0.1, -0.05) is 34.1 Å². The summed E-state index contributed by atoms with van der Waals surface area (Å²) in [6.07, 6.45) is 5.41.